The zero-order valence-electron chi connectivity index (χ0n) is 60.7. The van der Waals surface area contributed by atoms with Crippen LogP contribution in [0, 0.1) is 23.7 Å². The molecule has 0 amide bonds. The van der Waals surface area contributed by atoms with Crippen molar-refractivity contribution in [3.63, 3.8) is 0 Å². The lowest BCUT2D eigenvalue weighted by molar-refractivity contribution is -0.589. The van der Waals surface area contributed by atoms with Gasteiger partial charge >= 0.3 is 0 Å². The van der Waals surface area contributed by atoms with Crippen molar-refractivity contribution in [1.29, 1.82) is 0 Å². The Hall–Kier alpha value is -9.68. The lowest BCUT2D eigenvalue weighted by Crippen LogP contribution is -2.96. The molecule has 0 saturated heterocycles. The normalized spacial score (nSPS) is 21.7. The van der Waals surface area contributed by atoms with Crippen LogP contribution in [0.5, 0.6) is 0 Å². The summed E-state index contributed by atoms with van der Waals surface area (Å²) in [4.78, 5) is 56.7. The van der Waals surface area contributed by atoms with E-state index in [-0.39, 0.29) is 91.0 Å². The fraction of sp³-hybridized carbons (Fsp3) is 0.378. The second-order valence-electron chi connectivity index (χ2n) is 32.7. The minimum Gasteiger partial charge on any atom is -0.871 e. The second-order valence-corrected chi connectivity index (χ2v) is 32.7. The van der Waals surface area contributed by atoms with Gasteiger partial charge < -0.3 is 30.9 Å². The van der Waals surface area contributed by atoms with Gasteiger partial charge in [0.25, 0.3) is 0 Å². The molecule has 4 N–H and O–H groups in total. The van der Waals surface area contributed by atoms with E-state index < -0.39 is 22.9 Å². The Bertz CT molecular complexity index is 5560. The molecule has 4 heterocycles. The number of carbonyl (C=O) groups excluding carboxylic acids is 3. The van der Waals surface area contributed by atoms with E-state index >= 15 is 29.7 Å². The molecule has 0 bridgehead atoms. The molecule has 518 valence electrons. The largest absolute Gasteiger partial charge is 0.871 e. The Morgan fingerprint density at radius 2 is 0.961 bits per heavy atom. The summed E-state index contributed by atoms with van der Waals surface area (Å²) in [6.45, 7) is 23.1. The van der Waals surface area contributed by atoms with Crippen molar-refractivity contribution in [2.75, 3.05) is 28.6 Å². The second kappa shape index (κ2) is 24.0. The molecule has 0 radical (unpaired) electrons. The SMILES string of the molecule is CCN1/C(=C\C2=C([O-])C(=c3\ccc4ccc(C5=C([O-])/C(=c6\ccc7ccc(C8=C([O-])/C(=C/C9=[N+](CC)c%10ccc%11ccccc%11c%10C9%10CCCCC%10)C8=O)c8c7c6=[NH+]C(CC(C)C)(CC(C)C)N8)C5=O)c5c4c3=[NH+]C(CC(C)C)(CC(C)C)N5)/C2=O)C2(CCCCC2)c2c1ccc1ccccc21. The van der Waals surface area contributed by atoms with Gasteiger partial charge in [0.1, 0.15) is 6.54 Å². The molecule has 0 atom stereocenters. The monoisotopic (exact) mass is 1350 g/mol. The maximum absolute atomic E-state index is 15.8. The van der Waals surface area contributed by atoms with Gasteiger partial charge in [-0.2, -0.15) is 4.58 Å². The summed E-state index contributed by atoms with van der Waals surface area (Å²) >= 11 is 0. The highest BCUT2D eigenvalue weighted by atomic mass is 16.3. The molecule has 12 nitrogen and oxygen atoms in total. The van der Waals surface area contributed by atoms with Gasteiger partial charge in [-0.25, -0.2) is 9.98 Å². The number of rotatable bonds is 14. The van der Waals surface area contributed by atoms with Gasteiger partial charge in [-0.15, -0.1) is 0 Å². The molecule has 12 heteroatoms. The van der Waals surface area contributed by atoms with Gasteiger partial charge in [0.05, 0.1) is 38.0 Å². The number of allylic oxidation sites excluding steroid dienone is 9. The number of anilines is 3. The maximum atomic E-state index is 15.8. The van der Waals surface area contributed by atoms with Crippen LogP contribution in [-0.2, 0) is 25.2 Å². The van der Waals surface area contributed by atoms with Crippen LogP contribution in [0.1, 0.15) is 181 Å². The Balaban J connectivity index is 0.830. The minimum absolute atomic E-state index is 0.0585. The number of nitrogens with zero attached hydrogens (tertiary/aromatic N) is 2. The van der Waals surface area contributed by atoms with E-state index in [1.165, 1.54) is 32.7 Å². The maximum Gasteiger partial charge on any atom is 0.235 e. The zero-order valence-corrected chi connectivity index (χ0v) is 60.7. The molecule has 2 spiro atoms. The summed E-state index contributed by atoms with van der Waals surface area (Å²) in [5.41, 5.74) is 7.67. The van der Waals surface area contributed by atoms with Gasteiger partial charge in [-0.1, -0.05) is 202 Å². The number of hydrogen-bond acceptors (Lipinski definition) is 9. The Kier molecular flexibility index (Phi) is 15.4. The summed E-state index contributed by atoms with van der Waals surface area (Å²) in [7, 11) is 0. The highest BCUT2D eigenvalue weighted by Crippen LogP contribution is 2.59. The topological polar surface area (TPSA) is 179 Å². The first-order chi connectivity index (χ1) is 49.1. The number of nitrogens with one attached hydrogen (secondary N) is 4. The van der Waals surface area contributed by atoms with Crippen LogP contribution in [0.4, 0.5) is 22.7 Å². The number of carbonyl (C=O) groups is 3. The average molecular weight is 1350 g/mol. The first kappa shape index (κ1) is 65.6. The predicted molar refractivity (Wildman–Crippen MR) is 402 cm³/mol. The lowest BCUT2D eigenvalue weighted by atomic mass is 9.65. The molecule has 2 saturated carbocycles. The molecule has 0 aromatic heterocycles. The van der Waals surface area contributed by atoms with Gasteiger partial charge in [0, 0.05) is 111 Å². The highest BCUT2D eigenvalue weighted by molar-refractivity contribution is 6.52. The van der Waals surface area contributed by atoms with Crippen LogP contribution in [0.2, 0.25) is 0 Å². The fourth-order valence-corrected chi connectivity index (χ4v) is 20.7. The van der Waals surface area contributed by atoms with Crippen LogP contribution < -0.4 is 62.0 Å². The van der Waals surface area contributed by atoms with E-state index in [0.29, 0.717) is 93.2 Å². The van der Waals surface area contributed by atoms with E-state index in [2.05, 4.69) is 172 Å². The third-order valence-electron chi connectivity index (χ3n) is 24.3. The third-order valence-corrected chi connectivity index (χ3v) is 24.3. The lowest BCUT2D eigenvalue weighted by Gasteiger charge is -2.39. The summed E-state index contributed by atoms with van der Waals surface area (Å²) in [5, 5.41) is 64.4. The minimum atomic E-state index is -0.818. The van der Waals surface area contributed by atoms with Crippen molar-refractivity contribution in [1.82, 2.24) is 0 Å². The van der Waals surface area contributed by atoms with Crippen molar-refractivity contribution in [3.05, 3.63) is 211 Å². The highest BCUT2D eigenvalue weighted by Gasteiger charge is 2.54. The molecule has 5 aliphatic carbocycles. The summed E-state index contributed by atoms with van der Waals surface area (Å²) in [6, 6.07) is 41.3. The molecule has 17 rings (SSSR count). The Morgan fingerprint density at radius 1 is 0.490 bits per heavy atom. The van der Waals surface area contributed by atoms with Crippen LogP contribution >= 0.6 is 0 Å². The number of fused-ring (bicyclic) bond motifs is 8. The van der Waals surface area contributed by atoms with Crippen molar-refractivity contribution < 1.29 is 44.3 Å². The number of benzene rings is 8. The van der Waals surface area contributed by atoms with E-state index in [0.717, 1.165) is 97.8 Å². The van der Waals surface area contributed by atoms with Crippen molar-refractivity contribution in [2.45, 2.75) is 181 Å². The quantitative estimate of drug-likeness (QED) is 0.0609. The standard InChI is InChI=1S/C90H92N6O6/c1-11-95-65-37-31-53-23-15-17-25-57(53)75(65)87(39-19-13-20-40-87)67(95)43-63-81(97)71(82(63)98)59-33-27-55-29-35-61(79-69(55)77(59)91-89(93-79,45-49(3)4)46-50(5)6)73-85(101)74(86(73)102)62-36-30-56-28-34-60(78-70(56)80(62)94-90(92-78,47-51(7)8)48-52(9)10)72-83(99)64(84(72)100)44-68-88(41-21-14-22-42-88)76-58-26-18-16-24-54(58)32-38-66(76)96(68)12-2/h15-18,23-38,43-44,49-52H,11-14,19-22,39-42,45-48H2,1-10H3,(H4,91,92,93,94,97,98,99,100,101,102)/b67-43-. The first-order valence-electron chi connectivity index (χ1n) is 38.0. The molecule has 2 fully saturated rings. The van der Waals surface area contributed by atoms with Crippen molar-refractivity contribution >= 4 is 111 Å². The Labute approximate surface area is 596 Å². The molecule has 4 aliphatic heterocycles. The summed E-state index contributed by atoms with van der Waals surface area (Å²) in [6.07, 6.45) is 16.7. The average Bonchev–Trinajstić information content (AvgIpc) is 1.09. The fourth-order valence-electron chi connectivity index (χ4n) is 20.7. The van der Waals surface area contributed by atoms with Crippen LogP contribution in [0.25, 0.3) is 65.4 Å². The Morgan fingerprint density at radius 3 is 1.45 bits per heavy atom. The van der Waals surface area contributed by atoms with Crippen molar-refractivity contribution in [2.24, 2.45) is 23.7 Å². The first-order valence-corrected chi connectivity index (χ1v) is 38.0. The number of hydrogen-bond donors (Lipinski definition) is 4. The third kappa shape index (κ3) is 9.58. The molecular formula is C90H92N6O6. The van der Waals surface area contributed by atoms with Crippen LogP contribution in [-0.4, -0.2) is 52.1 Å². The van der Waals surface area contributed by atoms with E-state index in [1.807, 2.05) is 60.7 Å². The zero-order chi connectivity index (χ0) is 70.8. The molecule has 0 unspecified atom stereocenters. The van der Waals surface area contributed by atoms with Crippen LogP contribution in [0.15, 0.2) is 168 Å². The number of Topliss-reactive ketones (excluding diaryl/α,β-unsaturated/α-hetero) is 3. The van der Waals surface area contributed by atoms with Gasteiger partial charge in [-0.05, 0) is 131 Å². The number of likely N-dealkylation sites (N-methyl/N-ethyl adjacent to an activating group) is 1. The smallest absolute Gasteiger partial charge is 0.235 e. The number of ketones is 3. The van der Waals surface area contributed by atoms with Crippen molar-refractivity contribution in [3.8, 4) is 0 Å². The molecule has 8 aromatic rings. The molecule has 102 heavy (non-hydrogen) atoms. The van der Waals surface area contributed by atoms with Gasteiger partial charge in [-0.3, -0.25) is 14.4 Å². The molecule has 9 aliphatic rings. The predicted octanol–water partition coefficient (Wildman–Crippen LogP) is 10.2. The van der Waals surface area contributed by atoms with E-state index in [1.54, 1.807) is 0 Å². The van der Waals surface area contributed by atoms with E-state index in [9.17, 15) is 0 Å². The van der Waals surface area contributed by atoms with Gasteiger partial charge in [0.2, 0.25) is 27.7 Å². The molecular weight excluding hydrogens is 1260 g/mol. The molecule has 8 aromatic carbocycles. The summed E-state index contributed by atoms with van der Waals surface area (Å²) in [5.74, 6) is -1.23. The van der Waals surface area contributed by atoms with Crippen LogP contribution in [0.3, 0.4) is 0 Å². The van der Waals surface area contributed by atoms with Gasteiger partial charge in [0.15, 0.2) is 23.1 Å². The van der Waals surface area contributed by atoms with E-state index in [4.69, 9.17) is 0 Å². The summed E-state index contributed by atoms with van der Waals surface area (Å²) < 4.78 is 2.34.